The summed E-state index contributed by atoms with van der Waals surface area (Å²) in [5, 5.41) is 14.9. The van der Waals surface area contributed by atoms with Gasteiger partial charge >= 0.3 is 12.0 Å². The van der Waals surface area contributed by atoms with E-state index in [0.717, 1.165) is 38.5 Å². The standard InChI is InChI=1S/C14H22N2O4/c17-13(18)10-3-1-2-8(10)7-15-14(19)16-11-6-9-4-5-12(11)20-9/h8-12H,1-7H2,(H,17,18)(H2,15,16,19). The number of urea groups is 1. The molecule has 6 nitrogen and oxygen atoms in total. The normalized spacial score (nSPS) is 38.9. The third-order valence-corrected chi connectivity index (χ3v) is 4.92. The van der Waals surface area contributed by atoms with Crippen molar-refractivity contribution in [3.05, 3.63) is 0 Å². The lowest BCUT2D eigenvalue weighted by molar-refractivity contribution is -0.142. The maximum absolute atomic E-state index is 11.9. The van der Waals surface area contributed by atoms with Crippen LogP contribution in [0.25, 0.3) is 0 Å². The van der Waals surface area contributed by atoms with E-state index >= 15 is 0 Å². The molecule has 2 amide bonds. The summed E-state index contributed by atoms with van der Waals surface area (Å²) in [6, 6.07) is -0.0743. The van der Waals surface area contributed by atoms with Crippen LogP contribution in [-0.4, -0.2) is 41.9 Å². The van der Waals surface area contributed by atoms with Crippen LogP contribution in [0.5, 0.6) is 0 Å². The number of fused-ring (bicyclic) bond motifs is 2. The molecule has 5 atom stereocenters. The number of carbonyl (C=O) groups excluding carboxylic acids is 1. The summed E-state index contributed by atoms with van der Waals surface area (Å²) in [6.45, 7) is 0.449. The maximum atomic E-state index is 11.9. The Kier molecular flexibility index (Phi) is 3.83. The molecule has 0 radical (unpaired) electrons. The molecule has 0 spiro atoms. The van der Waals surface area contributed by atoms with Gasteiger partial charge in [-0.2, -0.15) is 0 Å². The Morgan fingerprint density at radius 2 is 2.05 bits per heavy atom. The summed E-state index contributed by atoms with van der Waals surface area (Å²) in [5.41, 5.74) is 0. The molecule has 0 aromatic rings. The van der Waals surface area contributed by atoms with E-state index in [-0.39, 0.29) is 30.0 Å². The van der Waals surface area contributed by atoms with Gasteiger partial charge in [-0.25, -0.2) is 4.79 Å². The molecule has 2 bridgehead atoms. The summed E-state index contributed by atoms with van der Waals surface area (Å²) < 4.78 is 5.69. The van der Waals surface area contributed by atoms with Crippen LogP contribution in [0.15, 0.2) is 0 Å². The van der Waals surface area contributed by atoms with Crippen molar-refractivity contribution in [2.45, 2.75) is 56.8 Å². The fourth-order valence-electron chi connectivity index (χ4n) is 3.84. The number of ether oxygens (including phenoxy) is 1. The highest BCUT2D eigenvalue weighted by Crippen LogP contribution is 2.34. The van der Waals surface area contributed by atoms with E-state index in [1.807, 2.05) is 0 Å². The van der Waals surface area contributed by atoms with E-state index in [0.29, 0.717) is 12.6 Å². The molecule has 3 rings (SSSR count). The van der Waals surface area contributed by atoms with Crippen molar-refractivity contribution >= 4 is 12.0 Å². The average Bonchev–Trinajstić information content (AvgIpc) is 3.12. The van der Waals surface area contributed by atoms with Crippen molar-refractivity contribution in [1.29, 1.82) is 0 Å². The van der Waals surface area contributed by atoms with Gasteiger partial charge in [-0.15, -0.1) is 0 Å². The highest BCUT2D eigenvalue weighted by atomic mass is 16.5. The van der Waals surface area contributed by atoms with Gasteiger partial charge in [-0.05, 0) is 38.0 Å². The third kappa shape index (κ3) is 2.75. The Bertz CT molecular complexity index is 401. The van der Waals surface area contributed by atoms with Crippen molar-refractivity contribution in [2.75, 3.05) is 6.54 Å². The SMILES string of the molecule is O=C(NCC1CCCC1C(=O)O)NC1CC2CCC1O2. The number of amides is 2. The first-order valence-electron chi connectivity index (χ1n) is 7.56. The van der Waals surface area contributed by atoms with Crippen LogP contribution in [0, 0.1) is 11.8 Å². The quantitative estimate of drug-likeness (QED) is 0.720. The van der Waals surface area contributed by atoms with Crippen molar-refractivity contribution in [1.82, 2.24) is 10.6 Å². The van der Waals surface area contributed by atoms with E-state index < -0.39 is 5.97 Å². The largest absolute Gasteiger partial charge is 0.481 e. The summed E-state index contributed by atoms with van der Waals surface area (Å²) in [7, 11) is 0. The minimum atomic E-state index is -0.740. The van der Waals surface area contributed by atoms with Gasteiger partial charge in [-0.1, -0.05) is 6.42 Å². The Morgan fingerprint density at radius 1 is 1.20 bits per heavy atom. The van der Waals surface area contributed by atoms with Crippen LogP contribution in [0.1, 0.15) is 38.5 Å². The van der Waals surface area contributed by atoms with Gasteiger partial charge in [0.05, 0.1) is 24.2 Å². The average molecular weight is 282 g/mol. The second-order valence-electron chi connectivity index (χ2n) is 6.21. The third-order valence-electron chi connectivity index (χ3n) is 4.92. The van der Waals surface area contributed by atoms with Crippen molar-refractivity contribution in [3.63, 3.8) is 0 Å². The monoisotopic (exact) mass is 282 g/mol. The lowest BCUT2D eigenvalue weighted by atomic mass is 9.95. The van der Waals surface area contributed by atoms with Gasteiger partial charge in [0.15, 0.2) is 0 Å². The molecular weight excluding hydrogens is 260 g/mol. The minimum Gasteiger partial charge on any atom is -0.481 e. The fourth-order valence-corrected chi connectivity index (χ4v) is 3.84. The topological polar surface area (TPSA) is 87.7 Å². The molecule has 3 N–H and O–H groups in total. The molecular formula is C14H22N2O4. The molecule has 6 heteroatoms. The number of hydrogen-bond acceptors (Lipinski definition) is 3. The number of carbonyl (C=O) groups is 2. The van der Waals surface area contributed by atoms with Crippen molar-refractivity contribution in [3.8, 4) is 0 Å². The van der Waals surface area contributed by atoms with E-state index in [1.165, 1.54) is 0 Å². The molecule has 2 saturated heterocycles. The molecule has 3 fully saturated rings. The number of rotatable bonds is 4. The number of hydrogen-bond donors (Lipinski definition) is 3. The molecule has 3 aliphatic rings. The van der Waals surface area contributed by atoms with Crippen LogP contribution in [0.3, 0.4) is 0 Å². The van der Waals surface area contributed by atoms with Gasteiger partial charge in [0, 0.05) is 6.54 Å². The summed E-state index contributed by atoms with van der Waals surface area (Å²) in [5.74, 6) is -0.980. The smallest absolute Gasteiger partial charge is 0.315 e. The zero-order valence-electron chi connectivity index (χ0n) is 11.5. The van der Waals surface area contributed by atoms with E-state index in [9.17, 15) is 9.59 Å². The first-order valence-corrected chi connectivity index (χ1v) is 7.56. The first kappa shape index (κ1) is 13.7. The predicted octanol–water partition coefficient (Wildman–Crippen LogP) is 1.11. The molecule has 0 aromatic heterocycles. The van der Waals surface area contributed by atoms with Gasteiger partial charge < -0.3 is 20.5 Å². The number of carboxylic acid groups (broad SMARTS) is 1. The van der Waals surface area contributed by atoms with Crippen molar-refractivity contribution in [2.24, 2.45) is 11.8 Å². The van der Waals surface area contributed by atoms with Gasteiger partial charge in [0.1, 0.15) is 0 Å². The van der Waals surface area contributed by atoms with Gasteiger partial charge in [0.25, 0.3) is 0 Å². The second kappa shape index (κ2) is 5.60. The van der Waals surface area contributed by atoms with Crippen molar-refractivity contribution < 1.29 is 19.4 Å². The van der Waals surface area contributed by atoms with E-state index in [2.05, 4.69) is 10.6 Å². The zero-order valence-corrected chi connectivity index (χ0v) is 11.5. The van der Waals surface area contributed by atoms with E-state index in [4.69, 9.17) is 9.84 Å². The summed E-state index contributed by atoms with van der Waals surface area (Å²) in [4.78, 5) is 23.0. The predicted molar refractivity (Wildman–Crippen MR) is 71.3 cm³/mol. The molecule has 112 valence electrons. The van der Waals surface area contributed by atoms with Crippen LogP contribution in [0.2, 0.25) is 0 Å². The number of aliphatic carboxylic acids is 1. The van der Waals surface area contributed by atoms with Gasteiger partial charge in [0.2, 0.25) is 0 Å². The van der Waals surface area contributed by atoms with E-state index in [1.54, 1.807) is 0 Å². The molecule has 5 unspecified atom stereocenters. The Hall–Kier alpha value is -1.30. The highest BCUT2D eigenvalue weighted by molar-refractivity contribution is 5.75. The Labute approximate surface area is 118 Å². The fraction of sp³-hybridized carbons (Fsp3) is 0.857. The Morgan fingerprint density at radius 3 is 2.70 bits per heavy atom. The maximum Gasteiger partial charge on any atom is 0.315 e. The molecule has 1 aliphatic carbocycles. The van der Waals surface area contributed by atoms with Crippen LogP contribution in [-0.2, 0) is 9.53 Å². The van der Waals surface area contributed by atoms with Crippen LogP contribution >= 0.6 is 0 Å². The lowest BCUT2D eigenvalue weighted by Crippen LogP contribution is -2.47. The minimum absolute atomic E-state index is 0.0644. The molecule has 20 heavy (non-hydrogen) atoms. The molecule has 2 aliphatic heterocycles. The number of nitrogens with one attached hydrogen (secondary N) is 2. The molecule has 2 heterocycles. The molecule has 1 saturated carbocycles. The lowest BCUT2D eigenvalue weighted by Gasteiger charge is -2.22. The van der Waals surface area contributed by atoms with Crippen LogP contribution in [0.4, 0.5) is 4.79 Å². The highest BCUT2D eigenvalue weighted by Gasteiger charge is 2.41. The Balaban J connectivity index is 1.42. The zero-order chi connectivity index (χ0) is 14.1. The van der Waals surface area contributed by atoms with Crippen LogP contribution < -0.4 is 10.6 Å². The first-order chi connectivity index (χ1) is 9.63. The summed E-state index contributed by atoms with van der Waals surface area (Å²) in [6.07, 6.45) is 6.06. The second-order valence-corrected chi connectivity index (χ2v) is 6.21. The van der Waals surface area contributed by atoms with Gasteiger partial charge in [-0.3, -0.25) is 4.79 Å². The summed E-state index contributed by atoms with van der Waals surface area (Å²) >= 11 is 0. The molecule has 0 aromatic carbocycles. The number of carboxylic acids is 1.